The molecule has 5 nitrogen and oxygen atoms in total. The predicted octanol–water partition coefficient (Wildman–Crippen LogP) is 1.75. The summed E-state index contributed by atoms with van der Waals surface area (Å²) in [5.74, 6) is 0.0902. The number of rotatable bonds is 5. The zero-order valence-corrected chi connectivity index (χ0v) is 13.7. The number of esters is 1. The van der Waals surface area contributed by atoms with E-state index in [2.05, 4.69) is 6.92 Å². The number of carbonyl (C=O) groups excluding carboxylic acids is 2. The molecule has 2 N–H and O–H groups in total. The maximum Gasteiger partial charge on any atom is 0.330 e. The fourth-order valence-electron chi connectivity index (χ4n) is 2.16. The smallest absolute Gasteiger partial charge is 0.330 e. The standard InChI is InChI=1S/C14H26N2O3S/c1-5-6-7-12-16(11(17)8-15)10(9-20-12)13(18)19-14(2,3)4/h10,12H,5-9,15H2,1-4H3. The third-order valence-corrected chi connectivity index (χ3v) is 4.39. The van der Waals surface area contributed by atoms with Gasteiger partial charge >= 0.3 is 5.97 Å². The lowest BCUT2D eigenvalue weighted by Crippen LogP contribution is -2.49. The molecular weight excluding hydrogens is 276 g/mol. The molecule has 1 saturated heterocycles. The summed E-state index contributed by atoms with van der Waals surface area (Å²) in [5.41, 5.74) is 4.94. The molecule has 0 aromatic rings. The highest BCUT2D eigenvalue weighted by Crippen LogP contribution is 2.33. The molecular formula is C14H26N2O3S. The van der Waals surface area contributed by atoms with Crippen LogP contribution in [-0.2, 0) is 14.3 Å². The Kier molecular flexibility index (Phi) is 6.33. The fourth-order valence-corrected chi connectivity index (χ4v) is 3.62. The van der Waals surface area contributed by atoms with Crippen molar-refractivity contribution >= 4 is 23.6 Å². The topological polar surface area (TPSA) is 72.6 Å². The van der Waals surface area contributed by atoms with E-state index in [0.717, 1.165) is 19.3 Å². The van der Waals surface area contributed by atoms with Crippen molar-refractivity contribution in [1.29, 1.82) is 0 Å². The van der Waals surface area contributed by atoms with E-state index < -0.39 is 11.6 Å². The quantitative estimate of drug-likeness (QED) is 0.783. The lowest BCUT2D eigenvalue weighted by atomic mass is 10.1. The van der Waals surface area contributed by atoms with Crippen LogP contribution in [0.1, 0.15) is 47.0 Å². The Bertz CT molecular complexity index is 355. The van der Waals surface area contributed by atoms with Crippen molar-refractivity contribution in [1.82, 2.24) is 4.90 Å². The summed E-state index contributed by atoms with van der Waals surface area (Å²) in [6.45, 7) is 7.53. The van der Waals surface area contributed by atoms with Crippen molar-refractivity contribution in [3.63, 3.8) is 0 Å². The number of ether oxygens (including phenoxy) is 1. The Balaban J connectivity index is 2.79. The zero-order chi connectivity index (χ0) is 15.3. The van der Waals surface area contributed by atoms with Crippen LogP contribution in [0.15, 0.2) is 0 Å². The van der Waals surface area contributed by atoms with Gasteiger partial charge in [-0.15, -0.1) is 11.8 Å². The number of nitrogens with zero attached hydrogens (tertiary/aromatic N) is 1. The highest BCUT2D eigenvalue weighted by Gasteiger charge is 2.42. The Hall–Kier alpha value is -0.750. The number of nitrogens with two attached hydrogens (primary N) is 1. The molecule has 0 bridgehead atoms. The van der Waals surface area contributed by atoms with Gasteiger partial charge in [-0.1, -0.05) is 19.8 Å². The molecule has 0 aromatic heterocycles. The van der Waals surface area contributed by atoms with Gasteiger partial charge in [-0.3, -0.25) is 4.79 Å². The maximum absolute atomic E-state index is 12.2. The summed E-state index contributed by atoms with van der Waals surface area (Å²) in [4.78, 5) is 25.9. The fraction of sp³-hybridized carbons (Fsp3) is 0.857. The van der Waals surface area contributed by atoms with Crippen LogP contribution in [0.2, 0.25) is 0 Å². The Morgan fingerprint density at radius 2 is 2.05 bits per heavy atom. The second kappa shape index (κ2) is 7.31. The summed E-state index contributed by atoms with van der Waals surface area (Å²) < 4.78 is 5.41. The first-order chi connectivity index (χ1) is 9.30. The summed E-state index contributed by atoms with van der Waals surface area (Å²) in [5, 5.41) is 0.0449. The van der Waals surface area contributed by atoms with E-state index in [1.807, 2.05) is 20.8 Å². The molecule has 1 fully saturated rings. The molecule has 0 radical (unpaired) electrons. The van der Waals surface area contributed by atoms with Crippen molar-refractivity contribution in [3.8, 4) is 0 Å². The molecule has 1 amide bonds. The highest BCUT2D eigenvalue weighted by atomic mass is 32.2. The number of hydrogen-bond acceptors (Lipinski definition) is 5. The molecule has 1 rings (SSSR count). The first-order valence-electron chi connectivity index (χ1n) is 7.15. The van der Waals surface area contributed by atoms with E-state index in [9.17, 15) is 9.59 Å². The second-order valence-corrected chi connectivity index (χ2v) is 7.20. The van der Waals surface area contributed by atoms with Gasteiger partial charge in [0, 0.05) is 5.75 Å². The minimum absolute atomic E-state index is 0.0449. The van der Waals surface area contributed by atoms with Gasteiger partial charge in [0.25, 0.3) is 0 Å². The van der Waals surface area contributed by atoms with Crippen LogP contribution in [0.25, 0.3) is 0 Å². The lowest BCUT2D eigenvalue weighted by Gasteiger charge is -2.30. The highest BCUT2D eigenvalue weighted by molar-refractivity contribution is 8.00. The largest absolute Gasteiger partial charge is 0.458 e. The van der Waals surface area contributed by atoms with Crippen molar-refractivity contribution in [2.45, 2.75) is 64.0 Å². The van der Waals surface area contributed by atoms with Gasteiger partial charge in [-0.25, -0.2) is 4.79 Å². The summed E-state index contributed by atoms with van der Waals surface area (Å²) >= 11 is 1.65. The van der Waals surface area contributed by atoms with E-state index in [1.54, 1.807) is 16.7 Å². The van der Waals surface area contributed by atoms with Crippen molar-refractivity contribution < 1.29 is 14.3 Å². The van der Waals surface area contributed by atoms with E-state index in [0.29, 0.717) is 5.75 Å². The van der Waals surface area contributed by atoms with Crippen molar-refractivity contribution in [3.05, 3.63) is 0 Å². The maximum atomic E-state index is 12.2. The number of thioether (sulfide) groups is 1. The van der Waals surface area contributed by atoms with Crippen LogP contribution in [0.3, 0.4) is 0 Å². The van der Waals surface area contributed by atoms with E-state index in [1.165, 1.54) is 0 Å². The van der Waals surface area contributed by atoms with Gasteiger partial charge < -0.3 is 15.4 Å². The molecule has 0 spiro atoms. The van der Waals surface area contributed by atoms with Gasteiger partial charge in [0.1, 0.15) is 11.6 Å². The number of hydrogen-bond donors (Lipinski definition) is 1. The number of amides is 1. The monoisotopic (exact) mass is 302 g/mol. The third-order valence-electron chi connectivity index (χ3n) is 3.04. The average Bonchev–Trinajstić information content (AvgIpc) is 2.77. The summed E-state index contributed by atoms with van der Waals surface area (Å²) in [6.07, 6.45) is 3.00. The lowest BCUT2D eigenvalue weighted by molar-refractivity contribution is -0.163. The molecule has 0 saturated carbocycles. The van der Waals surface area contributed by atoms with Crippen LogP contribution in [0.4, 0.5) is 0 Å². The molecule has 2 unspecified atom stereocenters. The van der Waals surface area contributed by atoms with Crippen LogP contribution >= 0.6 is 11.8 Å². The second-order valence-electron chi connectivity index (χ2n) is 5.98. The summed E-state index contributed by atoms with van der Waals surface area (Å²) in [6, 6.07) is -0.503. The molecule has 6 heteroatoms. The van der Waals surface area contributed by atoms with E-state index >= 15 is 0 Å². The molecule has 1 aliphatic heterocycles. The van der Waals surface area contributed by atoms with Crippen LogP contribution in [0, 0.1) is 0 Å². The van der Waals surface area contributed by atoms with Gasteiger partial charge in [0.15, 0.2) is 0 Å². The van der Waals surface area contributed by atoms with E-state index in [4.69, 9.17) is 10.5 Å². The van der Waals surface area contributed by atoms with Gasteiger partial charge in [0.05, 0.1) is 11.9 Å². The number of unbranched alkanes of at least 4 members (excludes halogenated alkanes) is 1. The Morgan fingerprint density at radius 1 is 1.40 bits per heavy atom. The van der Waals surface area contributed by atoms with Gasteiger partial charge in [-0.05, 0) is 27.2 Å². The number of carbonyl (C=O) groups is 2. The van der Waals surface area contributed by atoms with Crippen LogP contribution < -0.4 is 5.73 Å². The molecule has 0 aromatic carbocycles. The molecule has 0 aliphatic carbocycles. The average molecular weight is 302 g/mol. The van der Waals surface area contributed by atoms with Gasteiger partial charge in [0.2, 0.25) is 5.91 Å². The molecule has 20 heavy (non-hydrogen) atoms. The van der Waals surface area contributed by atoms with Crippen molar-refractivity contribution in [2.75, 3.05) is 12.3 Å². The third kappa shape index (κ3) is 4.66. The summed E-state index contributed by atoms with van der Waals surface area (Å²) in [7, 11) is 0. The zero-order valence-electron chi connectivity index (χ0n) is 12.8. The molecule has 1 aliphatic rings. The molecule has 1 heterocycles. The first-order valence-corrected chi connectivity index (χ1v) is 8.20. The predicted molar refractivity (Wildman–Crippen MR) is 81.3 cm³/mol. The van der Waals surface area contributed by atoms with E-state index in [-0.39, 0.29) is 23.8 Å². The first kappa shape index (κ1) is 17.3. The Morgan fingerprint density at radius 3 is 2.55 bits per heavy atom. The van der Waals surface area contributed by atoms with Crippen LogP contribution in [-0.4, -0.2) is 46.1 Å². The Labute approximate surface area is 125 Å². The normalized spacial score (nSPS) is 22.9. The minimum atomic E-state index is -0.541. The SMILES string of the molecule is CCCCC1SCC(C(=O)OC(C)(C)C)N1C(=O)CN. The minimum Gasteiger partial charge on any atom is -0.458 e. The van der Waals surface area contributed by atoms with Gasteiger partial charge in [-0.2, -0.15) is 0 Å². The molecule has 116 valence electrons. The molecule has 2 atom stereocenters. The van der Waals surface area contributed by atoms with Crippen molar-refractivity contribution in [2.24, 2.45) is 5.73 Å². The van der Waals surface area contributed by atoms with Crippen LogP contribution in [0.5, 0.6) is 0 Å².